The van der Waals surface area contributed by atoms with Gasteiger partial charge in [-0.15, -0.1) is 0 Å². The molecule has 1 aromatic heterocycles. The van der Waals surface area contributed by atoms with E-state index in [0.29, 0.717) is 11.4 Å². The van der Waals surface area contributed by atoms with Crippen LogP contribution in [-0.4, -0.2) is 37.3 Å². The largest absolute Gasteiger partial charge is 0.357 e. The van der Waals surface area contributed by atoms with Crippen molar-refractivity contribution in [2.75, 3.05) is 24.5 Å². The molecule has 0 radical (unpaired) electrons. The molecule has 2 aromatic rings. The molecule has 0 N–H and O–H groups in total. The van der Waals surface area contributed by atoms with Crippen LogP contribution in [0.4, 0.5) is 5.82 Å². The number of aromatic nitrogens is 1. The van der Waals surface area contributed by atoms with E-state index in [4.69, 9.17) is 0 Å². The molecule has 0 bridgehead atoms. The van der Waals surface area contributed by atoms with Gasteiger partial charge in [-0.25, -0.2) is 13.4 Å². The second kappa shape index (κ2) is 7.24. The lowest BCUT2D eigenvalue weighted by molar-refractivity contribution is 0.395. The number of hydrogen-bond donors (Lipinski definition) is 0. The van der Waals surface area contributed by atoms with Crippen molar-refractivity contribution in [2.24, 2.45) is 0 Å². The Hall–Kier alpha value is -1.92. The number of benzene rings is 1. The van der Waals surface area contributed by atoms with E-state index >= 15 is 0 Å². The minimum absolute atomic E-state index is 0.128. The van der Waals surface area contributed by atoms with Crippen LogP contribution >= 0.6 is 0 Å². The smallest absolute Gasteiger partial charge is 0.243 e. The summed E-state index contributed by atoms with van der Waals surface area (Å²) in [7, 11) is -3.50. The fourth-order valence-electron chi connectivity index (χ4n) is 4.20. The number of anilines is 1. The fourth-order valence-corrected chi connectivity index (χ4v) is 5.88. The van der Waals surface area contributed by atoms with Crippen molar-refractivity contribution < 1.29 is 8.42 Å². The zero-order valence-corrected chi connectivity index (χ0v) is 16.9. The molecule has 1 atom stereocenters. The zero-order chi connectivity index (χ0) is 19.0. The fraction of sp³-hybridized carbons (Fsp3) is 0.476. The van der Waals surface area contributed by atoms with Crippen LogP contribution in [0.5, 0.6) is 0 Å². The molecule has 5 nitrogen and oxygen atoms in total. The quantitative estimate of drug-likeness (QED) is 0.803. The molecule has 2 aliphatic heterocycles. The number of pyridine rings is 1. The van der Waals surface area contributed by atoms with Gasteiger partial charge in [0.15, 0.2) is 0 Å². The van der Waals surface area contributed by atoms with E-state index in [0.717, 1.165) is 48.4 Å². The summed E-state index contributed by atoms with van der Waals surface area (Å²) in [5.74, 6) is 1.01. The monoisotopic (exact) mass is 385 g/mol. The van der Waals surface area contributed by atoms with Crippen molar-refractivity contribution in [1.82, 2.24) is 9.29 Å². The van der Waals surface area contributed by atoms with E-state index < -0.39 is 10.0 Å². The Labute approximate surface area is 162 Å². The molecule has 2 fully saturated rings. The Morgan fingerprint density at radius 3 is 2.37 bits per heavy atom. The number of rotatable bonds is 4. The van der Waals surface area contributed by atoms with Crippen LogP contribution in [0.3, 0.4) is 0 Å². The first-order chi connectivity index (χ1) is 13.0. The van der Waals surface area contributed by atoms with Crippen LogP contribution in [0.25, 0.3) is 0 Å². The topological polar surface area (TPSA) is 53.5 Å². The van der Waals surface area contributed by atoms with Gasteiger partial charge >= 0.3 is 0 Å². The molecule has 27 heavy (non-hydrogen) atoms. The average Bonchev–Trinajstić information content (AvgIpc) is 3.34. The molecule has 4 rings (SSSR count). The van der Waals surface area contributed by atoms with Crippen molar-refractivity contribution in [3.8, 4) is 0 Å². The Morgan fingerprint density at radius 1 is 1.00 bits per heavy atom. The average molecular weight is 386 g/mol. The summed E-state index contributed by atoms with van der Waals surface area (Å²) in [5, 5.41) is 0. The maximum atomic E-state index is 13.2. The van der Waals surface area contributed by atoms with Gasteiger partial charge in [0.2, 0.25) is 10.0 Å². The van der Waals surface area contributed by atoms with Crippen molar-refractivity contribution in [3.63, 3.8) is 0 Å². The molecule has 6 heteroatoms. The molecule has 3 heterocycles. The van der Waals surface area contributed by atoms with Gasteiger partial charge in [-0.1, -0.05) is 17.7 Å². The summed E-state index contributed by atoms with van der Waals surface area (Å²) in [6, 6.07) is 9.13. The lowest BCUT2D eigenvalue weighted by Crippen LogP contribution is -2.31. The molecule has 0 amide bonds. The Morgan fingerprint density at radius 2 is 1.70 bits per heavy atom. The SMILES string of the molecule is Cc1ccc(S(=O)(=O)N2CCC[C@@H]2c2cnc(N3CCCC3)cc2C)cc1. The standard InChI is InChI=1S/C21H27N3O2S/c1-16-7-9-18(10-8-16)27(25,26)24-13-5-6-20(24)19-15-22-21(14-17(19)2)23-11-3-4-12-23/h7-10,14-15,20H,3-6,11-13H2,1-2H3/t20-/m1/s1. The van der Waals surface area contributed by atoms with E-state index in [2.05, 4.69) is 22.9 Å². The third kappa shape index (κ3) is 3.48. The maximum absolute atomic E-state index is 13.2. The minimum Gasteiger partial charge on any atom is -0.357 e. The number of hydrogen-bond acceptors (Lipinski definition) is 4. The second-order valence-corrected chi connectivity index (χ2v) is 9.57. The third-order valence-electron chi connectivity index (χ3n) is 5.76. The second-order valence-electron chi connectivity index (χ2n) is 7.68. The van der Waals surface area contributed by atoms with E-state index in [-0.39, 0.29) is 6.04 Å². The van der Waals surface area contributed by atoms with Crippen molar-refractivity contribution in [3.05, 3.63) is 53.2 Å². The van der Waals surface area contributed by atoms with Crippen molar-refractivity contribution in [1.29, 1.82) is 0 Å². The van der Waals surface area contributed by atoms with Crippen LogP contribution in [0.15, 0.2) is 41.4 Å². The maximum Gasteiger partial charge on any atom is 0.243 e. The van der Waals surface area contributed by atoms with E-state index in [9.17, 15) is 8.42 Å². The predicted octanol–water partition coefficient (Wildman–Crippen LogP) is 3.82. The summed E-state index contributed by atoms with van der Waals surface area (Å²) in [5.41, 5.74) is 3.22. The van der Waals surface area contributed by atoms with Crippen LogP contribution in [0, 0.1) is 13.8 Å². The summed E-state index contributed by atoms with van der Waals surface area (Å²) in [4.78, 5) is 7.36. The summed E-state index contributed by atoms with van der Waals surface area (Å²) < 4.78 is 28.1. The van der Waals surface area contributed by atoms with Gasteiger partial charge in [0.25, 0.3) is 0 Å². The highest BCUT2D eigenvalue weighted by molar-refractivity contribution is 7.89. The van der Waals surface area contributed by atoms with Crippen LogP contribution in [0.2, 0.25) is 0 Å². The summed E-state index contributed by atoms with van der Waals surface area (Å²) in [6.07, 6.45) is 6.05. The van der Waals surface area contributed by atoms with Crippen LogP contribution in [0.1, 0.15) is 48.4 Å². The first-order valence-electron chi connectivity index (χ1n) is 9.77. The molecule has 0 saturated carbocycles. The molecule has 2 saturated heterocycles. The Bertz CT molecular complexity index is 919. The highest BCUT2D eigenvalue weighted by Gasteiger charge is 2.37. The van der Waals surface area contributed by atoms with Gasteiger partial charge in [0.05, 0.1) is 10.9 Å². The third-order valence-corrected chi connectivity index (χ3v) is 7.68. The van der Waals surface area contributed by atoms with Crippen LogP contribution < -0.4 is 4.90 Å². The molecule has 0 aliphatic carbocycles. The summed E-state index contributed by atoms with van der Waals surface area (Å²) >= 11 is 0. The lowest BCUT2D eigenvalue weighted by atomic mass is 10.0. The highest BCUT2D eigenvalue weighted by atomic mass is 32.2. The van der Waals surface area contributed by atoms with Gasteiger partial charge in [-0.3, -0.25) is 0 Å². The normalized spacial score (nSPS) is 21.1. The molecule has 2 aliphatic rings. The Balaban J connectivity index is 1.64. The van der Waals surface area contributed by atoms with Gasteiger partial charge in [-0.05, 0) is 68.9 Å². The molecule has 1 aromatic carbocycles. The van der Waals surface area contributed by atoms with Gasteiger partial charge in [0, 0.05) is 25.8 Å². The predicted molar refractivity (Wildman–Crippen MR) is 107 cm³/mol. The molecular weight excluding hydrogens is 358 g/mol. The van der Waals surface area contributed by atoms with E-state index in [1.807, 2.05) is 25.3 Å². The van der Waals surface area contributed by atoms with Crippen molar-refractivity contribution in [2.45, 2.75) is 50.5 Å². The lowest BCUT2D eigenvalue weighted by Gasteiger charge is -2.26. The van der Waals surface area contributed by atoms with Crippen molar-refractivity contribution >= 4 is 15.8 Å². The minimum atomic E-state index is -3.50. The van der Waals surface area contributed by atoms with E-state index in [1.165, 1.54) is 12.8 Å². The van der Waals surface area contributed by atoms with E-state index in [1.54, 1.807) is 16.4 Å². The molecular formula is C21H27N3O2S. The zero-order valence-electron chi connectivity index (χ0n) is 16.1. The highest BCUT2D eigenvalue weighted by Crippen LogP contribution is 2.38. The first-order valence-corrected chi connectivity index (χ1v) is 11.2. The Kier molecular flexibility index (Phi) is 4.95. The number of nitrogens with zero attached hydrogens (tertiary/aromatic N) is 3. The molecule has 0 unspecified atom stereocenters. The first kappa shape index (κ1) is 18.4. The van der Waals surface area contributed by atoms with Crippen LogP contribution in [-0.2, 0) is 10.0 Å². The molecule has 144 valence electrons. The molecule has 0 spiro atoms. The number of aryl methyl sites for hydroxylation is 2. The van der Waals surface area contributed by atoms with Gasteiger partial charge < -0.3 is 4.90 Å². The summed E-state index contributed by atoms with van der Waals surface area (Å²) in [6.45, 7) is 6.72. The number of sulfonamides is 1. The van der Waals surface area contributed by atoms with Gasteiger partial charge in [-0.2, -0.15) is 4.31 Å². The van der Waals surface area contributed by atoms with Gasteiger partial charge in [0.1, 0.15) is 5.82 Å².